The lowest BCUT2D eigenvalue weighted by atomic mass is 10.2. The first-order valence-electron chi connectivity index (χ1n) is 5.91. The summed E-state index contributed by atoms with van der Waals surface area (Å²) in [5.74, 6) is 0.358. The van der Waals surface area contributed by atoms with Crippen LogP contribution in [-0.2, 0) is 19.7 Å². The molecule has 1 aliphatic heterocycles. The van der Waals surface area contributed by atoms with Crippen LogP contribution < -0.4 is 15.9 Å². The molecule has 0 spiro atoms. The van der Waals surface area contributed by atoms with E-state index in [4.69, 9.17) is 10.6 Å². The molecule has 1 rings (SSSR count). The smallest absolute Gasteiger partial charge is 0.266 e. The van der Waals surface area contributed by atoms with Crippen LogP contribution in [0.25, 0.3) is 0 Å². The highest BCUT2D eigenvalue weighted by Gasteiger charge is 2.26. The number of rotatable bonds is 6. The Morgan fingerprint density at radius 1 is 1.55 bits per heavy atom. The number of nitrogens with two attached hydrogens (primary N) is 1. The van der Waals surface area contributed by atoms with Gasteiger partial charge in [0.05, 0.1) is 11.7 Å². The van der Waals surface area contributed by atoms with Crippen LogP contribution in [-0.4, -0.2) is 32.4 Å². The number of carbonyl (C=O) groups is 1. The molecule has 114 valence electrons. The number of nitrogens with one attached hydrogen (secondary N) is 2. The molecule has 1 atom stereocenters. The van der Waals surface area contributed by atoms with Gasteiger partial charge in [-0.05, 0) is 32.3 Å². The Bertz CT molecular complexity index is 540. The second-order valence-electron chi connectivity index (χ2n) is 4.31. The molecule has 0 radical (unpaired) electrons. The third-order valence-electron chi connectivity index (χ3n) is 2.56. The molecule has 7 nitrogen and oxygen atoms in total. The lowest BCUT2D eigenvalue weighted by molar-refractivity contribution is -0.120. The Morgan fingerprint density at radius 3 is 2.80 bits per heavy atom. The summed E-state index contributed by atoms with van der Waals surface area (Å²) in [6, 6.07) is -0.851. The summed E-state index contributed by atoms with van der Waals surface area (Å²) in [5, 5.41) is 0. The maximum atomic E-state index is 12.1. The number of sulfonamides is 1. The number of hydrogen-bond donors (Lipinski definition) is 3. The molecule has 0 aliphatic carbocycles. The molecule has 9 heteroatoms. The Morgan fingerprint density at radius 2 is 2.20 bits per heavy atom. The molecule has 0 saturated heterocycles. The van der Waals surface area contributed by atoms with Crippen molar-refractivity contribution < 1.29 is 18.0 Å². The Balaban J connectivity index is 2.83. The molecule has 1 heterocycles. The standard InChI is InChI=1S/C11H19N3O4S2/c1-7-6-10(8(2)13-18-7)20(16,17)14-11(15)9(12)4-5-19-3/h6,9,13H,4-5,12H2,1-3H3,(H,14,15). The minimum absolute atomic E-state index is 0.0355. The second kappa shape index (κ2) is 7.00. The monoisotopic (exact) mass is 321 g/mol. The molecule has 0 bridgehead atoms. The van der Waals surface area contributed by atoms with Gasteiger partial charge in [0.25, 0.3) is 15.9 Å². The quantitative estimate of drug-likeness (QED) is 0.640. The predicted molar refractivity (Wildman–Crippen MR) is 78.7 cm³/mol. The van der Waals surface area contributed by atoms with E-state index in [1.165, 1.54) is 24.8 Å². The largest absolute Gasteiger partial charge is 0.387 e. The summed E-state index contributed by atoms with van der Waals surface area (Å²) >= 11 is 1.54. The normalized spacial score (nSPS) is 16.9. The van der Waals surface area contributed by atoms with Crippen LogP contribution in [0.1, 0.15) is 20.3 Å². The van der Waals surface area contributed by atoms with Crippen molar-refractivity contribution in [3.8, 4) is 0 Å². The summed E-state index contributed by atoms with van der Waals surface area (Å²) in [6.45, 7) is 3.14. The lowest BCUT2D eigenvalue weighted by Crippen LogP contribution is -2.44. The third kappa shape index (κ3) is 4.43. The van der Waals surface area contributed by atoms with E-state index < -0.39 is 22.0 Å². The Kier molecular flexibility index (Phi) is 5.90. The van der Waals surface area contributed by atoms with Gasteiger partial charge >= 0.3 is 0 Å². The number of hydrogen-bond acceptors (Lipinski definition) is 7. The van der Waals surface area contributed by atoms with Gasteiger partial charge in [-0.3, -0.25) is 4.79 Å². The summed E-state index contributed by atoms with van der Waals surface area (Å²) in [5.41, 5.74) is 8.41. The van der Waals surface area contributed by atoms with E-state index in [0.29, 0.717) is 23.6 Å². The predicted octanol–water partition coefficient (Wildman–Crippen LogP) is 0.183. The van der Waals surface area contributed by atoms with E-state index in [-0.39, 0.29) is 4.91 Å². The van der Waals surface area contributed by atoms with Crippen LogP contribution in [0.4, 0.5) is 0 Å². The van der Waals surface area contributed by atoms with Crippen molar-refractivity contribution in [2.24, 2.45) is 5.73 Å². The van der Waals surface area contributed by atoms with Crippen molar-refractivity contribution in [3.63, 3.8) is 0 Å². The maximum absolute atomic E-state index is 12.1. The Hall–Kier alpha value is -1.19. The van der Waals surface area contributed by atoms with Crippen molar-refractivity contribution in [1.82, 2.24) is 10.2 Å². The van der Waals surface area contributed by atoms with E-state index in [1.54, 1.807) is 6.92 Å². The molecule has 4 N–H and O–H groups in total. The number of amides is 1. The molecule has 0 saturated carbocycles. The first-order valence-corrected chi connectivity index (χ1v) is 8.79. The first kappa shape index (κ1) is 16.9. The number of thioether (sulfide) groups is 1. The SMILES string of the molecule is CSCCC(N)C(=O)NS(=O)(=O)C1=C(C)NOC(C)=C1. The zero-order chi connectivity index (χ0) is 15.3. The minimum Gasteiger partial charge on any atom is -0.387 e. The van der Waals surface area contributed by atoms with Crippen molar-refractivity contribution in [2.75, 3.05) is 12.0 Å². The van der Waals surface area contributed by atoms with Crippen molar-refractivity contribution in [3.05, 3.63) is 22.4 Å². The molecule has 1 unspecified atom stereocenters. The summed E-state index contributed by atoms with van der Waals surface area (Å²) in [6.07, 6.45) is 3.64. The van der Waals surface area contributed by atoms with Gasteiger partial charge in [0, 0.05) is 6.08 Å². The Labute approximate surface area is 123 Å². The maximum Gasteiger partial charge on any atom is 0.266 e. The average molecular weight is 321 g/mol. The van der Waals surface area contributed by atoms with E-state index in [2.05, 4.69) is 5.48 Å². The fourth-order valence-corrected chi connectivity index (χ4v) is 3.23. The van der Waals surface area contributed by atoms with Gasteiger partial charge in [-0.2, -0.15) is 11.8 Å². The molecule has 1 amide bonds. The van der Waals surface area contributed by atoms with Crippen LogP contribution in [0.15, 0.2) is 22.4 Å². The molecule has 0 fully saturated rings. The zero-order valence-electron chi connectivity index (χ0n) is 11.6. The van der Waals surface area contributed by atoms with Crippen LogP contribution in [0, 0.1) is 0 Å². The van der Waals surface area contributed by atoms with Gasteiger partial charge in [-0.25, -0.2) is 18.6 Å². The fraction of sp³-hybridized carbons (Fsp3) is 0.545. The molecule has 20 heavy (non-hydrogen) atoms. The highest BCUT2D eigenvalue weighted by atomic mass is 32.2. The average Bonchev–Trinajstić information content (AvgIpc) is 2.38. The van der Waals surface area contributed by atoms with E-state index in [0.717, 1.165) is 0 Å². The fourth-order valence-electron chi connectivity index (χ4n) is 1.45. The van der Waals surface area contributed by atoms with Crippen molar-refractivity contribution in [2.45, 2.75) is 26.3 Å². The molecule has 0 aromatic heterocycles. The molecule has 1 aliphatic rings. The molecule has 0 aromatic rings. The summed E-state index contributed by atoms with van der Waals surface area (Å²) < 4.78 is 26.3. The van der Waals surface area contributed by atoms with E-state index in [9.17, 15) is 13.2 Å². The van der Waals surface area contributed by atoms with Crippen LogP contribution >= 0.6 is 11.8 Å². The molecular weight excluding hydrogens is 302 g/mol. The van der Waals surface area contributed by atoms with Crippen molar-refractivity contribution in [1.29, 1.82) is 0 Å². The minimum atomic E-state index is -3.96. The van der Waals surface area contributed by atoms with Gasteiger partial charge in [0.1, 0.15) is 10.7 Å². The first-order chi connectivity index (χ1) is 9.27. The highest BCUT2D eigenvalue weighted by molar-refractivity contribution is 7.98. The summed E-state index contributed by atoms with van der Waals surface area (Å²) in [4.78, 5) is 16.7. The molecular formula is C11H19N3O4S2. The second-order valence-corrected chi connectivity index (χ2v) is 6.94. The van der Waals surface area contributed by atoms with E-state index in [1.807, 2.05) is 11.0 Å². The van der Waals surface area contributed by atoms with Gasteiger partial charge in [-0.15, -0.1) is 0 Å². The van der Waals surface area contributed by atoms with E-state index >= 15 is 0 Å². The highest BCUT2D eigenvalue weighted by Crippen LogP contribution is 2.18. The third-order valence-corrected chi connectivity index (χ3v) is 4.68. The zero-order valence-corrected chi connectivity index (χ0v) is 13.2. The van der Waals surface area contributed by atoms with Gasteiger partial charge < -0.3 is 10.6 Å². The summed E-state index contributed by atoms with van der Waals surface area (Å²) in [7, 11) is -3.96. The topological polar surface area (TPSA) is 111 Å². The van der Waals surface area contributed by atoms with Gasteiger partial charge in [-0.1, -0.05) is 0 Å². The van der Waals surface area contributed by atoms with Crippen LogP contribution in [0.5, 0.6) is 0 Å². The number of hydroxylamine groups is 1. The van der Waals surface area contributed by atoms with Gasteiger partial charge in [0.2, 0.25) is 0 Å². The lowest BCUT2D eigenvalue weighted by Gasteiger charge is -2.19. The van der Waals surface area contributed by atoms with Crippen LogP contribution in [0.2, 0.25) is 0 Å². The number of allylic oxidation sites excluding steroid dienone is 3. The van der Waals surface area contributed by atoms with Crippen molar-refractivity contribution >= 4 is 27.7 Å². The number of carbonyl (C=O) groups excluding carboxylic acids is 1. The van der Waals surface area contributed by atoms with Gasteiger partial charge in [0.15, 0.2) is 0 Å². The molecule has 0 aromatic carbocycles. The van der Waals surface area contributed by atoms with Crippen LogP contribution in [0.3, 0.4) is 0 Å².